The predicted octanol–water partition coefficient (Wildman–Crippen LogP) is -2.88. The molecule has 6 nitrogen and oxygen atoms in total. The third-order valence-electron chi connectivity index (χ3n) is 0. The normalized spacial score (nSPS) is 4.50. The molecule has 0 radical (unpaired) electrons. The van der Waals surface area contributed by atoms with E-state index >= 15 is 0 Å². The summed E-state index contributed by atoms with van der Waals surface area (Å²) < 4.78 is 15.0. The first kappa shape index (κ1) is 56.5. The van der Waals surface area contributed by atoms with Crippen molar-refractivity contribution in [2.45, 2.75) is 0 Å². The van der Waals surface area contributed by atoms with Crippen LogP contribution in [-0.2, 0) is 0 Å². The van der Waals surface area contributed by atoms with Gasteiger partial charge in [0.15, 0.2) is 0 Å². The van der Waals surface area contributed by atoms with E-state index in [1.807, 2.05) is 0 Å². The van der Waals surface area contributed by atoms with Crippen molar-refractivity contribution in [3.8, 4) is 0 Å². The fraction of sp³-hybridized carbons (Fsp3) is 0. The summed E-state index contributed by atoms with van der Waals surface area (Å²) in [4.78, 5) is 0. The fourth-order valence-corrected chi connectivity index (χ4v) is 0. The first-order valence-corrected chi connectivity index (χ1v) is 9.54. The van der Waals surface area contributed by atoms with Gasteiger partial charge in [-0.15, -0.1) is 0 Å². The molecule has 0 aliphatic heterocycles. The average Bonchev–Trinajstić information content (AvgIpc) is 0.811. The zero-order valence-electron chi connectivity index (χ0n) is 4.51. The van der Waals surface area contributed by atoms with E-state index in [2.05, 4.69) is 0 Å². The molecule has 10 heteroatoms. The summed E-state index contributed by atoms with van der Waals surface area (Å²) in [6, 6.07) is 0. The second-order valence-corrected chi connectivity index (χ2v) is 10.8. The van der Waals surface area contributed by atoms with Gasteiger partial charge in [0.1, 0.15) is 0 Å². The molecule has 10 heavy (non-hydrogen) atoms. The van der Waals surface area contributed by atoms with E-state index in [9.17, 15) is 0 Å². The standard InChI is InChI=1S/3ClH.Eu.6H2O/h3*1H;;6*1H2/q;;;+3;;;;;;/p-3. The number of rotatable bonds is 0. The molecule has 0 heterocycles. The summed E-state index contributed by atoms with van der Waals surface area (Å²) in [5.41, 5.74) is 0. The molecule has 0 rings (SSSR count). The van der Waals surface area contributed by atoms with Crippen LogP contribution in [0, 0.1) is 37.0 Å². The quantitative estimate of drug-likeness (QED) is 0.426. The van der Waals surface area contributed by atoms with Gasteiger partial charge in [-0.3, -0.25) is 0 Å². The average molecular weight is 366 g/mol. The Morgan fingerprint density at radius 1 is 0.500 bits per heavy atom. The van der Waals surface area contributed by atoms with Crippen LogP contribution < -0.4 is 0 Å². The van der Waals surface area contributed by atoms with Gasteiger partial charge in [0.25, 0.3) is 0 Å². The molecule has 0 aliphatic rings. The van der Waals surface area contributed by atoms with Crippen LogP contribution in [0.3, 0.4) is 0 Å². The Bertz CT molecular complexity index is 17.7. The van der Waals surface area contributed by atoms with Crippen LogP contribution in [0.25, 0.3) is 0 Å². The Balaban J connectivity index is -0.00000000300. The van der Waals surface area contributed by atoms with Crippen molar-refractivity contribution >= 4 is 12.5 Å². The van der Waals surface area contributed by atoms with Crippen molar-refractivity contribution in [1.82, 2.24) is 0 Å². The van der Waals surface area contributed by atoms with Gasteiger partial charge < -0.3 is 32.9 Å². The Morgan fingerprint density at radius 2 is 0.500 bits per heavy atom. The van der Waals surface area contributed by atoms with Crippen LogP contribution in [-0.4, -0.2) is 32.9 Å². The van der Waals surface area contributed by atoms with Crippen LogP contribution in [0.1, 0.15) is 0 Å². The van der Waals surface area contributed by atoms with Gasteiger partial charge in [-0.05, 0) is 0 Å². The molecular weight excluding hydrogens is 354 g/mol. The van der Waals surface area contributed by atoms with Crippen molar-refractivity contribution < 1.29 is 69.8 Å². The van der Waals surface area contributed by atoms with E-state index in [4.69, 9.17) is 12.5 Å². The van der Waals surface area contributed by atoms with E-state index in [0.29, 0.717) is 0 Å². The van der Waals surface area contributed by atoms with Gasteiger partial charge in [0, 0.05) is 0 Å². The molecule has 0 bridgehead atoms. The number of hydrogen-bond donors (Lipinski definition) is 0. The van der Waals surface area contributed by atoms with Crippen LogP contribution in [0.4, 0.5) is 0 Å². The van der Waals surface area contributed by atoms with Gasteiger partial charge in [0.05, 0.1) is 0 Å². The Labute approximate surface area is 80.6 Å². The maximum atomic E-state index is 4.99. The van der Waals surface area contributed by atoms with Crippen LogP contribution in [0.5, 0.6) is 0 Å². The van der Waals surface area contributed by atoms with Gasteiger partial charge in [-0.2, -0.15) is 0 Å². The second kappa shape index (κ2) is 43.0. The Morgan fingerprint density at radius 3 is 0.500 bits per heavy atom. The molecule has 0 aromatic rings. The van der Waals surface area contributed by atoms with E-state index in [-0.39, 0.29) is 32.9 Å². The second-order valence-electron chi connectivity index (χ2n) is 0.162. The van der Waals surface area contributed by atoms with E-state index in [1.54, 1.807) is 0 Å². The molecule has 0 aromatic heterocycles. The Kier molecular flexibility index (Phi) is 243. The van der Waals surface area contributed by atoms with Crippen molar-refractivity contribution in [3.63, 3.8) is 0 Å². The summed E-state index contributed by atoms with van der Waals surface area (Å²) in [5.74, 6) is 0. The minimum absolute atomic E-state index is 0. The van der Waals surface area contributed by atoms with Crippen LogP contribution in [0.15, 0.2) is 0 Å². The molecule has 0 aliphatic carbocycles. The summed E-state index contributed by atoms with van der Waals surface area (Å²) >= 11 is -2.05. The van der Waals surface area contributed by atoms with Crippen molar-refractivity contribution in [1.29, 1.82) is 0 Å². The SMILES string of the molecule is O.O.O.O.O.O.[Cl][Eu]([Cl])[Cl]. The molecular formula is H12Cl3EuO6. The molecule has 12 N–H and O–H groups in total. The van der Waals surface area contributed by atoms with Crippen LogP contribution in [0.2, 0.25) is 0 Å². The van der Waals surface area contributed by atoms with Crippen molar-refractivity contribution in [3.05, 3.63) is 0 Å². The zero-order chi connectivity index (χ0) is 3.58. The van der Waals surface area contributed by atoms with Crippen molar-refractivity contribution in [2.24, 2.45) is 0 Å². The predicted molar refractivity (Wildman–Crippen MR) is 39.2 cm³/mol. The molecule has 76 valence electrons. The minimum atomic E-state index is -2.05. The summed E-state index contributed by atoms with van der Waals surface area (Å²) in [7, 11) is 0. The zero-order valence-corrected chi connectivity index (χ0v) is 9.20. The fourth-order valence-electron chi connectivity index (χ4n) is 0. The Hall–Kier alpha value is 2.21. The molecule has 0 aromatic carbocycles. The van der Waals surface area contributed by atoms with Gasteiger partial charge in [-0.1, -0.05) is 0 Å². The first-order chi connectivity index (χ1) is 1.73. The molecule has 0 saturated carbocycles. The molecule has 0 spiro atoms. The molecule has 0 fully saturated rings. The van der Waals surface area contributed by atoms with E-state index in [1.165, 1.54) is 0 Å². The topological polar surface area (TPSA) is 189 Å². The molecule has 0 amide bonds. The van der Waals surface area contributed by atoms with E-state index < -0.39 is 37.0 Å². The number of hydrogen-bond acceptors (Lipinski definition) is 0. The van der Waals surface area contributed by atoms with E-state index in [0.717, 1.165) is 0 Å². The van der Waals surface area contributed by atoms with Gasteiger partial charge >= 0.3 is 49.4 Å². The summed E-state index contributed by atoms with van der Waals surface area (Å²) in [5, 5.41) is 0. The van der Waals surface area contributed by atoms with Crippen molar-refractivity contribution in [2.75, 3.05) is 0 Å². The molecule has 0 unspecified atom stereocenters. The third-order valence-corrected chi connectivity index (χ3v) is 0. The molecule has 0 atom stereocenters. The van der Waals surface area contributed by atoms with Gasteiger partial charge in [0.2, 0.25) is 0 Å². The molecule has 0 saturated heterocycles. The third kappa shape index (κ3) is 177. The summed E-state index contributed by atoms with van der Waals surface area (Å²) in [6.07, 6.45) is 0. The summed E-state index contributed by atoms with van der Waals surface area (Å²) in [6.45, 7) is 0. The first-order valence-electron chi connectivity index (χ1n) is 0.429. The maximum absolute atomic E-state index is 4.99. The van der Waals surface area contributed by atoms with Gasteiger partial charge in [-0.25, -0.2) is 0 Å². The van der Waals surface area contributed by atoms with Crippen LogP contribution >= 0.6 is 12.5 Å². The number of halogens is 3. The monoisotopic (exact) mass is 366 g/mol.